The zero-order valence-corrected chi connectivity index (χ0v) is 13.9. The number of hydrogen-bond donors (Lipinski definition) is 2. The molecule has 0 aromatic carbocycles. The molecule has 128 valence electrons. The summed E-state index contributed by atoms with van der Waals surface area (Å²) in [5, 5.41) is 16.1. The smallest absolute Gasteiger partial charge is 0.228 e. The van der Waals surface area contributed by atoms with Crippen LogP contribution in [0.25, 0.3) is 22.2 Å². The third kappa shape index (κ3) is 3.34. The number of fused-ring (bicyclic) bond motifs is 1. The van der Waals surface area contributed by atoms with E-state index in [0.717, 1.165) is 42.4 Å². The number of pyridine rings is 2. The Kier molecular flexibility index (Phi) is 4.10. The van der Waals surface area contributed by atoms with Crippen molar-refractivity contribution in [1.29, 1.82) is 0 Å². The molecule has 4 rings (SSSR count). The minimum absolute atomic E-state index is 0.0385. The van der Waals surface area contributed by atoms with Crippen LogP contribution in [0.5, 0.6) is 0 Å². The number of piperidine rings is 1. The van der Waals surface area contributed by atoms with E-state index in [0.29, 0.717) is 11.5 Å². The van der Waals surface area contributed by atoms with Gasteiger partial charge in [-0.2, -0.15) is 0 Å². The van der Waals surface area contributed by atoms with Gasteiger partial charge in [0.05, 0.1) is 11.9 Å². The maximum atomic E-state index is 12.4. The van der Waals surface area contributed by atoms with Crippen LogP contribution in [0.3, 0.4) is 0 Å². The van der Waals surface area contributed by atoms with Crippen LogP contribution in [0, 0.1) is 5.92 Å². The highest BCUT2D eigenvalue weighted by molar-refractivity contribution is 5.94. The lowest BCUT2D eigenvalue weighted by atomic mass is 9.97. The van der Waals surface area contributed by atoms with Gasteiger partial charge in [0.2, 0.25) is 5.91 Å². The van der Waals surface area contributed by atoms with Gasteiger partial charge in [0, 0.05) is 30.7 Å². The molecule has 0 radical (unpaired) electrons. The molecule has 0 bridgehead atoms. The number of nitrogens with zero attached hydrogens (tertiary/aromatic N) is 5. The van der Waals surface area contributed by atoms with E-state index in [4.69, 9.17) is 0 Å². The Bertz CT molecular complexity index is 914. The summed E-state index contributed by atoms with van der Waals surface area (Å²) in [5.74, 6) is 0.648. The van der Waals surface area contributed by atoms with Crippen LogP contribution in [0.4, 0.5) is 5.82 Å². The highest BCUT2D eigenvalue weighted by Gasteiger charge is 2.21. The van der Waals surface area contributed by atoms with E-state index in [1.54, 1.807) is 17.1 Å². The van der Waals surface area contributed by atoms with Crippen molar-refractivity contribution >= 4 is 22.5 Å². The van der Waals surface area contributed by atoms with E-state index in [2.05, 4.69) is 30.9 Å². The van der Waals surface area contributed by atoms with Gasteiger partial charge in [-0.15, -0.1) is 5.10 Å². The molecule has 4 heterocycles. The summed E-state index contributed by atoms with van der Waals surface area (Å²) < 4.78 is 1.64. The molecule has 2 N–H and O–H groups in total. The van der Waals surface area contributed by atoms with Crippen molar-refractivity contribution in [3.8, 4) is 11.4 Å². The first-order valence-electron chi connectivity index (χ1n) is 8.33. The van der Waals surface area contributed by atoms with E-state index in [9.17, 15) is 4.79 Å². The summed E-state index contributed by atoms with van der Waals surface area (Å²) in [6, 6.07) is 3.80. The number of carbonyl (C=O) groups excluding carboxylic acids is 1. The summed E-state index contributed by atoms with van der Waals surface area (Å²) in [7, 11) is 1.82. The molecule has 8 heteroatoms. The average Bonchev–Trinajstić information content (AvgIpc) is 3.08. The Morgan fingerprint density at radius 2 is 1.96 bits per heavy atom. The topological polar surface area (TPSA) is 97.6 Å². The van der Waals surface area contributed by atoms with Crippen molar-refractivity contribution in [1.82, 2.24) is 30.3 Å². The Morgan fingerprint density at radius 3 is 2.72 bits per heavy atom. The number of anilines is 1. The second kappa shape index (κ2) is 6.56. The molecule has 25 heavy (non-hydrogen) atoms. The molecule has 1 fully saturated rings. The molecular weight excluding hydrogens is 318 g/mol. The molecule has 0 aliphatic carbocycles. The van der Waals surface area contributed by atoms with Gasteiger partial charge >= 0.3 is 0 Å². The number of rotatable bonds is 3. The molecule has 1 aliphatic rings. The fourth-order valence-electron chi connectivity index (χ4n) is 3.02. The maximum Gasteiger partial charge on any atom is 0.228 e. The molecule has 0 saturated carbocycles. The van der Waals surface area contributed by atoms with Gasteiger partial charge in [-0.25, -0.2) is 4.98 Å². The maximum absolute atomic E-state index is 12.4. The monoisotopic (exact) mass is 337 g/mol. The molecule has 0 spiro atoms. The Hall–Kier alpha value is -2.87. The zero-order valence-electron chi connectivity index (χ0n) is 13.9. The number of nitrogens with one attached hydrogen (secondary N) is 2. The lowest BCUT2D eigenvalue weighted by molar-refractivity contribution is -0.120. The lowest BCUT2D eigenvalue weighted by Crippen LogP contribution is -2.34. The van der Waals surface area contributed by atoms with Gasteiger partial charge in [0.25, 0.3) is 0 Å². The largest absolute Gasteiger partial charge is 0.317 e. The number of hydrogen-bond acceptors (Lipinski definition) is 6. The van der Waals surface area contributed by atoms with Gasteiger partial charge in [-0.3, -0.25) is 14.5 Å². The summed E-state index contributed by atoms with van der Waals surface area (Å²) in [5.41, 5.74) is 1.45. The van der Waals surface area contributed by atoms with Gasteiger partial charge in [0.15, 0.2) is 0 Å². The Labute approximate surface area is 144 Å². The third-order valence-electron chi connectivity index (χ3n) is 4.43. The standard InChI is InChI=1S/C17H19N7O/c1-24-10-15(22-23-24)14-6-12-7-16(20-9-13(12)8-19-14)21-17(25)11-2-4-18-5-3-11/h6-11,18H,2-5H2,1H3,(H,20,21,25). The predicted molar refractivity (Wildman–Crippen MR) is 93.8 cm³/mol. The van der Waals surface area contributed by atoms with Gasteiger partial charge < -0.3 is 10.6 Å². The summed E-state index contributed by atoms with van der Waals surface area (Å²) in [4.78, 5) is 21.1. The molecule has 1 saturated heterocycles. The molecule has 1 amide bonds. The third-order valence-corrected chi connectivity index (χ3v) is 4.43. The van der Waals surface area contributed by atoms with Crippen LogP contribution in [-0.2, 0) is 11.8 Å². The number of aryl methyl sites for hydroxylation is 1. The SMILES string of the molecule is Cn1cc(-c2cc3cc(NC(=O)C4CCNCC4)ncc3cn2)nn1. The van der Waals surface area contributed by atoms with Crippen molar-refractivity contribution in [2.75, 3.05) is 18.4 Å². The number of carbonyl (C=O) groups is 1. The lowest BCUT2D eigenvalue weighted by Gasteiger charge is -2.21. The van der Waals surface area contributed by atoms with E-state index >= 15 is 0 Å². The quantitative estimate of drug-likeness (QED) is 0.749. The minimum Gasteiger partial charge on any atom is -0.317 e. The van der Waals surface area contributed by atoms with Gasteiger partial charge in [-0.05, 0) is 43.5 Å². The Morgan fingerprint density at radius 1 is 1.16 bits per heavy atom. The van der Waals surface area contributed by atoms with E-state index < -0.39 is 0 Å². The second-order valence-corrected chi connectivity index (χ2v) is 6.28. The second-order valence-electron chi connectivity index (χ2n) is 6.28. The number of amides is 1. The summed E-state index contributed by atoms with van der Waals surface area (Å²) in [6.45, 7) is 1.77. The normalized spacial score (nSPS) is 15.4. The predicted octanol–water partition coefficient (Wildman–Crippen LogP) is 1.36. The van der Waals surface area contributed by atoms with Crippen LogP contribution >= 0.6 is 0 Å². The molecule has 0 unspecified atom stereocenters. The molecular formula is C17H19N7O. The first-order valence-corrected chi connectivity index (χ1v) is 8.33. The fraction of sp³-hybridized carbons (Fsp3) is 0.353. The molecule has 3 aromatic heterocycles. The van der Waals surface area contributed by atoms with Gasteiger partial charge in [0.1, 0.15) is 11.5 Å². The van der Waals surface area contributed by atoms with Crippen molar-refractivity contribution in [2.24, 2.45) is 13.0 Å². The van der Waals surface area contributed by atoms with Crippen LogP contribution in [-0.4, -0.2) is 44.0 Å². The van der Waals surface area contributed by atoms with E-state index in [1.165, 1.54) is 0 Å². The van der Waals surface area contributed by atoms with Crippen molar-refractivity contribution in [2.45, 2.75) is 12.8 Å². The summed E-state index contributed by atoms with van der Waals surface area (Å²) >= 11 is 0. The molecule has 8 nitrogen and oxygen atoms in total. The average molecular weight is 337 g/mol. The highest BCUT2D eigenvalue weighted by atomic mass is 16.1. The number of aromatic nitrogens is 5. The molecule has 3 aromatic rings. The summed E-state index contributed by atoms with van der Waals surface area (Å²) in [6.07, 6.45) is 7.01. The molecule has 0 atom stereocenters. The van der Waals surface area contributed by atoms with E-state index in [1.807, 2.05) is 25.4 Å². The van der Waals surface area contributed by atoms with Crippen LogP contribution < -0.4 is 10.6 Å². The minimum atomic E-state index is 0.0385. The van der Waals surface area contributed by atoms with Crippen LogP contribution in [0.15, 0.2) is 30.7 Å². The van der Waals surface area contributed by atoms with Crippen molar-refractivity contribution in [3.63, 3.8) is 0 Å². The van der Waals surface area contributed by atoms with Crippen LogP contribution in [0.2, 0.25) is 0 Å². The zero-order chi connectivity index (χ0) is 17.2. The first-order chi connectivity index (χ1) is 12.2. The van der Waals surface area contributed by atoms with E-state index in [-0.39, 0.29) is 11.8 Å². The van der Waals surface area contributed by atoms with Crippen molar-refractivity contribution < 1.29 is 4.79 Å². The first kappa shape index (κ1) is 15.6. The fourth-order valence-corrected chi connectivity index (χ4v) is 3.02. The van der Waals surface area contributed by atoms with Crippen LogP contribution in [0.1, 0.15) is 12.8 Å². The van der Waals surface area contributed by atoms with Crippen molar-refractivity contribution in [3.05, 3.63) is 30.7 Å². The van der Waals surface area contributed by atoms with Gasteiger partial charge in [-0.1, -0.05) is 5.21 Å². The molecule has 1 aliphatic heterocycles. The Balaban J connectivity index is 1.59. The highest BCUT2D eigenvalue weighted by Crippen LogP contribution is 2.22.